The van der Waals surface area contributed by atoms with Gasteiger partial charge in [0.05, 0.1) is 5.75 Å². The molecule has 0 saturated carbocycles. The average molecular weight is 414 g/mol. The molecule has 2 amide bonds. The summed E-state index contributed by atoms with van der Waals surface area (Å²) in [5.41, 5.74) is 2.77. The third-order valence-electron chi connectivity index (χ3n) is 4.54. The van der Waals surface area contributed by atoms with Crippen molar-refractivity contribution in [2.24, 2.45) is 0 Å². The van der Waals surface area contributed by atoms with E-state index in [0.717, 1.165) is 26.4 Å². The summed E-state index contributed by atoms with van der Waals surface area (Å²) in [7, 11) is 0. The van der Waals surface area contributed by atoms with E-state index in [1.807, 2.05) is 26.0 Å². The van der Waals surface area contributed by atoms with Crippen molar-refractivity contribution in [3.05, 3.63) is 52.2 Å². The number of thiophene rings is 1. The van der Waals surface area contributed by atoms with Crippen molar-refractivity contribution in [1.29, 1.82) is 0 Å². The number of imide groups is 1. The molecule has 0 bridgehead atoms. The SMILES string of the molecule is Cc1sc2ncnc(SCC(=O)NC(=O)c3ccc(C(C)(C)C)cc3)c2c1C. The van der Waals surface area contributed by atoms with Gasteiger partial charge >= 0.3 is 0 Å². The molecule has 2 aromatic heterocycles. The lowest BCUT2D eigenvalue weighted by Crippen LogP contribution is -2.31. The molecule has 0 aliphatic carbocycles. The Hall–Kier alpha value is -2.25. The van der Waals surface area contributed by atoms with E-state index >= 15 is 0 Å². The molecule has 2 heterocycles. The second-order valence-corrected chi connectivity index (χ2v) is 9.80. The summed E-state index contributed by atoms with van der Waals surface area (Å²) in [6, 6.07) is 7.35. The van der Waals surface area contributed by atoms with Crippen LogP contribution in [0.25, 0.3) is 10.2 Å². The molecule has 28 heavy (non-hydrogen) atoms. The number of nitrogens with one attached hydrogen (secondary N) is 1. The Balaban J connectivity index is 1.64. The van der Waals surface area contributed by atoms with Gasteiger partial charge in [-0.05, 0) is 42.5 Å². The van der Waals surface area contributed by atoms with E-state index in [-0.39, 0.29) is 23.0 Å². The Morgan fingerprint density at radius 3 is 2.43 bits per heavy atom. The molecule has 0 saturated heterocycles. The summed E-state index contributed by atoms with van der Waals surface area (Å²) >= 11 is 2.94. The predicted molar refractivity (Wildman–Crippen MR) is 115 cm³/mol. The van der Waals surface area contributed by atoms with Gasteiger partial charge in [-0.25, -0.2) is 9.97 Å². The molecule has 1 N–H and O–H groups in total. The molecule has 0 atom stereocenters. The maximum Gasteiger partial charge on any atom is 0.257 e. The van der Waals surface area contributed by atoms with Crippen LogP contribution in [0.5, 0.6) is 0 Å². The number of fused-ring (bicyclic) bond motifs is 1. The second kappa shape index (κ2) is 8.01. The fraction of sp³-hybridized carbons (Fsp3) is 0.333. The van der Waals surface area contributed by atoms with Gasteiger partial charge in [0.1, 0.15) is 16.2 Å². The van der Waals surface area contributed by atoms with Crippen molar-refractivity contribution in [3.8, 4) is 0 Å². The van der Waals surface area contributed by atoms with Crippen LogP contribution in [0.4, 0.5) is 0 Å². The zero-order valence-electron chi connectivity index (χ0n) is 16.6. The summed E-state index contributed by atoms with van der Waals surface area (Å²) in [5, 5.41) is 4.21. The Labute approximate surface area is 173 Å². The van der Waals surface area contributed by atoms with E-state index in [1.54, 1.807) is 23.5 Å². The predicted octanol–water partition coefficient (Wildman–Crippen LogP) is 4.65. The number of nitrogens with zero attached hydrogens (tertiary/aromatic N) is 2. The van der Waals surface area contributed by atoms with Gasteiger partial charge in [0.2, 0.25) is 5.91 Å². The van der Waals surface area contributed by atoms with E-state index in [0.29, 0.717) is 5.56 Å². The van der Waals surface area contributed by atoms with Gasteiger partial charge in [-0.15, -0.1) is 11.3 Å². The van der Waals surface area contributed by atoms with E-state index < -0.39 is 0 Å². The van der Waals surface area contributed by atoms with Crippen LogP contribution in [0, 0.1) is 13.8 Å². The van der Waals surface area contributed by atoms with Crippen LogP contribution in [-0.4, -0.2) is 27.5 Å². The van der Waals surface area contributed by atoms with E-state index in [9.17, 15) is 9.59 Å². The Morgan fingerprint density at radius 1 is 1.11 bits per heavy atom. The van der Waals surface area contributed by atoms with Crippen LogP contribution in [-0.2, 0) is 10.2 Å². The minimum atomic E-state index is -0.388. The van der Waals surface area contributed by atoms with E-state index in [1.165, 1.54) is 23.0 Å². The highest BCUT2D eigenvalue weighted by Crippen LogP contribution is 2.34. The average Bonchev–Trinajstić information content (AvgIpc) is 2.94. The lowest BCUT2D eigenvalue weighted by molar-refractivity contribution is -0.117. The molecular formula is C21H23N3O2S2. The molecular weight excluding hydrogens is 390 g/mol. The molecule has 3 aromatic rings. The van der Waals surface area contributed by atoms with Crippen LogP contribution in [0.1, 0.15) is 47.1 Å². The number of hydrogen-bond acceptors (Lipinski definition) is 6. The van der Waals surface area contributed by atoms with Gasteiger partial charge in [0.25, 0.3) is 5.91 Å². The van der Waals surface area contributed by atoms with Gasteiger partial charge < -0.3 is 0 Å². The lowest BCUT2D eigenvalue weighted by atomic mass is 9.87. The first kappa shape index (κ1) is 20.5. The third kappa shape index (κ3) is 4.42. The van der Waals surface area contributed by atoms with Gasteiger partial charge in [-0.2, -0.15) is 0 Å². The van der Waals surface area contributed by atoms with Crippen LogP contribution < -0.4 is 5.32 Å². The van der Waals surface area contributed by atoms with E-state index in [2.05, 4.69) is 36.1 Å². The Bertz CT molecular complexity index is 1030. The first-order valence-electron chi connectivity index (χ1n) is 8.95. The molecule has 146 valence electrons. The van der Waals surface area contributed by atoms with Crippen molar-refractivity contribution in [2.75, 3.05) is 5.75 Å². The number of benzene rings is 1. The largest absolute Gasteiger partial charge is 0.292 e. The molecule has 5 nitrogen and oxygen atoms in total. The van der Waals surface area contributed by atoms with Crippen molar-refractivity contribution in [2.45, 2.75) is 45.1 Å². The molecule has 0 radical (unpaired) electrons. The Kier molecular flexibility index (Phi) is 5.86. The number of hydrogen-bond donors (Lipinski definition) is 1. The van der Waals surface area contributed by atoms with E-state index in [4.69, 9.17) is 0 Å². The molecule has 0 unspecified atom stereocenters. The summed E-state index contributed by atoms with van der Waals surface area (Å²) in [6.07, 6.45) is 1.51. The van der Waals surface area contributed by atoms with Crippen LogP contribution in [0.3, 0.4) is 0 Å². The molecule has 0 fully saturated rings. The number of rotatable bonds is 4. The lowest BCUT2D eigenvalue weighted by Gasteiger charge is -2.18. The fourth-order valence-electron chi connectivity index (χ4n) is 2.75. The molecule has 3 rings (SSSR count). The van der Waals surface area contributed by atoms with Crippen LogP contribution in [0.2, 0.25) is 0 Å². The molecule has 0 aliphatic heterocycles. The highest BCUT2D eigenvalue weighted by Gasteiger charge is 2.17. The summed E-state index contributed by atoms with van der Waals surface area (Å²) in [4.78, 5) is 35.3. The van der Waals surface area contributed by atoms with Crippen LogP contribution in [0.15, 0.2) is 35.6 Å². The van der Waals surface area contributed by atoms with Crippen molar-refractivity contribution in [1.82, 2.24) is 15.3 Å². The second-order valence-electron chi connectivity index (χ2n) is 7.64. The normalized spacial score (nSPS) is 11.6. The number of thioether (sulfide) groups is 1. The first-order chi connectivity index (χ1) is 13.2. The number of aromatic nitrogens is 2. The maximum atomic E-state index is 12.3. The monoisotopic (exact) mass is 413 g/mol. The van der Waals surface area contributed by atoms with Gasteiger partial charge in [-0.1, -0.05) is 44.7 Å². The van der Waals surface area contributed by atoms with Crippen LogP contribution >= 0.6 is 23.1 Å². The summed E-state index contributed by atoms with van der Waals surface area (Å²) < 4.78 is 0. The zero-order valence-corrected chi connectivity index (χ0v) is 18.3. The van der Waals surface area contributed by atoms with Crippen molar-refractivity contribution in [3.63, 3.8) is 0 Å². The molecule has 0 aliphatic rings. The standard InChI is InChI=1S/C21H23N3O2S2/c1-12-13(2)28-20-17(12)19(22-11-23-20)27-10-16(25)24-18(26)14-6-8-15(9-7-14)21(3,4)5/h6-9,11H,10H2,1-5H3,(H,24,25,26). The highest BCUT2D eigenvalue weighted by atomic mass is 32.2. The van der Waals surface area contributed by atoms with Gasteiger partial charge in [0, 0.05) is 15.8 Å². The fourth-order valence-corrected chi connectivity index (χ4v) is 4.67. The quantitative estimate of drug-likeness (QED) is 0.498. The first-order valence-corrected chi connectivity index (χ1v) is 10.7. The smallest absolute Gasteiger partial charge is 0.257 e. The zero-order chi connectivity index (χ0) is 20.5. The minimum Gasteiger partial charge on any atom is -0.292 e. The van der Waals surface area contributed by atoms with Gasteiger partial charge in [0.15, 0.2) is 0 Å². The number of carbonyl (C=O) groups excluding carboxylic acids is 2. The topological polar surface area (TPSA) is 72.0 Å². The summed E-state index contributed by atoms with van der Waals surface area (Å²) in [5.74, 6) is -0.612. The molecule has 1 aromatic carbocycles. The Morgan fingerprint density at radius 2 is 1.79 bits per heavy atom. The number of carbonyl (C=O) groups is 2. The number of amides is 2. The van der Waals surface area contributed by atoms with Crippen molar-refractivity contribution >= 4 is 45.1 Å². The van der Waals surface area contributed by atoms with Crippen molar-refractivity contribution < 1.29 is 9.59 Å². The molecule has 0 spiro atoms. The number of aryl methyl sites for hydroxylation is 2. The highest BCUT2D eigenvalue weighted by molar-refractivity contribution is 8.00. The van der Waals surface area contributed by atoms with Gasteiger partial charge in [-0.3, -0.25) is 14.9 Å². The summed E-state index contributed by atoms with van der Waals surface area (Å²) in [6.45, 7) is 10.4. The third-order valence-corrected chi connectivity index (χ3v) is 6.64. The molecule has 7 heteroatoms. The minimum absolute atomic E-state index is 0.0164. The maximum absolute atomic E-state index is 12.3.